The van der Waals surface area contributed by atoms with Crippen LogP contribution in [0.4, 0.5) is 0 Å². The number of hydrogen-bond acceptors (Lipinski definition) is 7. The van der Waals surface area contributed by atoms with E-state index in [1.54, 1.807) is 12.1 Å². The number of aliphatic hydroxyl groups is 1. The first-order valence-electron chi connectivity index (χ1n) is 7.24. The van der Waals surface area contributed by atoms with Gasteiger partial charge < -0.3 is 24.7 Å². The van der Waals surface area contributed by atoms with Gasteiger partial charge in [-0.2, -0.15) is 4.98 Å². The Morgan fingerprint density at radius 2 is 2.35 bits per heavy atom. The van der Waals surface area contributed by atoms with Gasteiger partial charge in [0.1, 0.15) is 0 Å². The predicted molar refractivity (Wildman–Crippen MR) is 82.9 cm³/mol. The summed E-state index contributed by atoms with van der Waals surface area (Å²) in [6.45, 7) is 1.77. The number of aryl methyl sites for hydroxylation is 1. The highest BCUT2D eigenvalue weighted by Gasteiger charge is 2.25. The van der Waals surface area contributed by atoms with Crippen molar-refractivity contribution in [1.82, 2.24) is 20.8 Å². The molecule has 0 spiro atoms. The smallest absolute Gasteiger partial charge is 0.238 e. The van der Waals surface area contributed by atoms with Gasteiger partial charge in [0.05, 0.1) is 12.4 Å². The van der Waals surface area contributed by atoms with Crippen LogP contribution in [0.1, 0.15) is 12.3 Å². The third kappa shape index (κ3) is 4.54. The molecule has 1 aliphatic heterocycles. The molecule has 2 aromatic heterocycles. The Bertz CT molecular complexity index is 616. The second kappa shape index (κ2) is 8.09. The van der Waals surface area contributed by atoms with Crippen LogP contribution in [0.2, 0.25) is 0 Å². The number of carbonyl (C=O) groups is 1. The van der Waals surface area contributed by atoms with Crippen molar-refractivity contribution in [1.29, 1.82) is 0 Å². The molecule has 0 aromatic carbocycles. The second-order valence-corrected chi connectivity index (χ2v) is 5.28. The van der Waals surface area contributed by atoms with Gasteiger partial charge in [-0.05, 0) is 12.1 Å². The van der Waals surface area contributed by atoms with Crippen LogP contribution in [-0.4, -0.2) is 46.9 Å². The van der Waals surface area contributed by atoms with Crippen LogP contribution in [0, 0.1) is 5.92 Å². The minimum absolute atomic E-state index is 0. The predicted octanol–water partition coefficient (Wildman–Crippen LogP) is 0.380. The molecule has 9 heteroatoms. The van der Waals surface area contributed by atoms with E-state index in [1.165, 1.54) is 6.26 Å². The molecule has 0 saturated carbocycles. The second-order valence-electron chi connectivity index (χ2n) is 5.28. The molecular formula is C14H19ClN4O4. The van der Waals surface area contributed by atoms with Crippen LogP contribution in [0.3, 0.4) is 0 Å². The Kier molecular flexibility index (Phi) is 6.14. The SMILES string of the molecule is Cl.O=C(CCc1nc(-c2ccco2)no1)NCC1CNCC1O. The fourth-order valence-corrected chi connectivity index (χ4v) is 2.34. The lowest BCUT2D eigenvalue weighted by Gasteiger charge is -2.13. The van der Waals surface area contributed by atoms with E-state index in [2.05, 4.69) is 20.8 Å². The molecule has 1 aliphatic rings. The van der Waals surface area contributed by atoms with Gasteiger partial charge in [0.15, 0.2) is 5.76 Å². The maximum atomic E-state index is 11.8. The zero-order valence-corrected chi connectivity index (χ0v) is 13.2. The van der Waals surface area contributed by atoms with Crippen molar-refractivity contribution >= 4 is 18.3 Å². The number of aliphatic hydroxyl groups excluding tert-OH is 1. The Hall–Kier alpha value is -1.90. The molecule has 2 atom stereocenters. The first-order valence-corrected chi connectivity index (χ1v) is 7.24. The zero-order chi connectivity index (χ0) is 15.4. The average molecular weight is 343 g/mol. The van der Waals surface area contributed by atoms with Gasteiger partial charge in [0.25, 0.3) is 0 Å². The number of rotatable bonds is 6. The number of amides is 1. The van der Waals surface area contributed by atoms with Crippen LogP contribution >= 0.6 is 12.4 Å². The summed E-state index contributed by atoms with van der Waals surface area (Å²) in [7, 11) is 0. The summed E-state index contributed by atoms with van der Waals surface area (Å²) in [5, 5.41) is 19.3. The number of hydrogen-bond donors (Lipinski definition) is 3. The zero-order valence-electron chi connectivity index (χ0n) is 12.4. The van der Waals surface area contributed by atoms with E-state index in [9.17, 15) is 9.90 Å². The molecule has 2 aromatic rings. The molecule has 3 N–H and O–H groups in total. The summed E-state index contributed by atoms with van der Waals surface area (Å²) in [5.41, 5.74) is 0. The van der Waals surface area contributed by atoms with Crippen molar-refractivity contribution in [2.75, 3.05) is 19.6 Å². The molecule has 2 unspecified atom stereocenters. The molecule has 0 radical (unpaired) electrons. The molecule has 126 valence electrons. The molecule has 1 fully saturated rings. The number of nitrogens with one attached hydrogen (secondary N) is 2. The highest BCUT2D eigenvalue weighted by Crippen LogP contribution is 2.16. The van der Waals surface area contributed by atoms with Crippen LogP contribution < -0.4 is 10.6 Å². The number of halogens is 1. The Balaban J connectivity index is 0.00000192. The van der Waals surface area contributed by atoms with Gasteiger partial charge in [-0.15, -0.1) is 12.4 Å². The summed E-state index contributed by atoms with van der Waals surface area (Å²) in [4.78, 5) is 16.0. The van der Waals surface area contributed by atoms with Crippen LogP contribution in [0.15, 0.2) is 27.3 Å². The van der Waals surface area contributed by atoms with E-state index in [0.717, 1.165) is 6.54 Å². The van der Waals surface area contributed by atoms with Crippen molar-refractivity contribution in [2.45, 2.75) is 18.9 Å². The fourth-order valence-electron chi connectivity index (χ4n) is 2.34. The van der Waals surface area contributed by atoms with Crippen LogP contribution in [-0.2, 0) is 11.2 Å². The molecule has 8 nitrogen and oxygen atoms in total. The number of β-amino-alcohol motifs (C(OH)–C–C–N with tert-alkyl or cyclic N) is 1. The Morgan fingerprint density at radius 1 is 1.48 bits per heavy atom. The van der Waals surface area contributed by atoms with E-state index < -0.39 is 6.10 Å². The van der Waals surface area contributed by atoms with E-state index in [-0.39, 0.29) is 30.7 Å². The van der Waals surface area contributed by atoms with E-state index in [4.69, 9.17) is 8.94 Å². The van der Waals surface area contributed by atoms with E-state index in [1.807, 2.05) is 0 Å². The van der Waals surface area contributed by atoms with Gasteiger partial charge >= 0.3 is 0 Å². The van der Waals surface area contributed by atoms with E-state index >= 15 is 0 Å². The van der Waals surface area contributed by atoms with Crippen molar-refractivity contribution < 1.29 is 18.8 Å². The van der Waals surface area contributed by atoms with Gasteiger partial charge in [-0.3, -0.25) is 4.79 Å². The summed E-state index contributed by atoms with van der Waals surface area (Å²) in [6, 6.07) is 3.48. The maximum Gasteiger partial charge on any atom is 0.238 e. The molecule has 0 aliphatic carbocycles. The molecule has 0 bridgehead atoms. The highest BCUT2D eigenvalue weighted by molar-refractivity contribution is 5.85. The molecule has 23 heavy (non-hydrogen) atoms. The molecule has 1 saturated heterocycles. The summed E-state index contributed by atoms with van der Waals surface area (Å²) >= 11 is 0. The number of carbonyl (C=O) groups excluding carboxylic acids is 1. The molecular weight excluding hydrogens is 324 g/mol. The first kappa shape index (κ1) is 17.5. The molecule has 3 heterocycles. The van der Waals surface area contributed by atoms with Gasteiger partial charge in [0, 0.05) is 38.4 Å². The summed E-state index contributed by atoms with van der Waals surface area (Å²) in [5.74, 6) is 1.27. The van der Waals surface area contributed by atoms with E-state index in [0.29, 0.717) is 37.0 Å². The van der Waals surface area contributed by atoms with Crippen molar-refractivity contribution in [3.8, 4) is 11.6 Å². The van der Waals surface area contributed by atoms with Gasteiger partial charge in [-0.25, -0.2) is 0 Å². The van der Waals surface area contributed by atoms with Crippen molar-refractivity contribution in [3.63, 3.8) is 0 Å². The van der Waals surface area contributed by atoms with Gasteiger partial charge in [-0.1, -0.05) is 5.16 Å². The number of nitrogens with zero attached hydrogens (tertiary/aromatic N) is 2. The van der Waals surface area contributed by atoms with Crippen LogP contribution in [0.5, 0.6) is 0 Å². The molecule has 3 rings (SSSR count). The topological polar surface area (TPSA) is 113 Å². The standard InChI is InChI=1S/C14H18N4O4.ClH/c19-10-8-15-6-9(10)7-16-12(20)3-4-13-17-14(18-22-13)11-2-1-5-21-11;/h1-2,5,9-10,15,19H,3-4,6-8H2,(H,16,20);1H. The minimum atomic E-state index is -0.396. The lowest BCUT2D eigenvalue weighted by atomic mass is 10.1. The minimum Gasteiger partial charge on any atom is -0.461 e. The monoisotopic (exact) mass is 342 g/mol. The normalized spacial score (nSPS) is 20.2. The maximum absolute atomic E-state index is 11.8. The quantitative estimate of drug-likeness (QED) is 0.695. The van der Waals surface area contributed by atoms with Crippen LogP contribution in [0.25, 0.3) is 11.6 Å². The summed E-state index contributed by atoms with van der Waals surface area (Å²) in [6.07, 6.45) is 1.76. The Labute approximate surface area is 139 Å². The molecule has 1 amide bonds. The summed E-state index contributed by atoms with van der Waals surface area (Å²) < 4.78 is 10.3. The lowest BCUT2D eigenvalue weighted by Crippen LogP contribution is -2.34. The fraction of sp³-hybridized carbons (Fsp3) is 0.500. The third-order valence-electron chi connectivity index (χ3n) is 3.64. The third-order valence-corrected chi connectivity index (χ3v) is 3.64. The lowest BCUT2D eigenvalue weighted by molar-refractivity contribution is -0.121. The average Bonchev–Trinajstić information content (AvgIpc) is 3.24. The largest absolute Gasteiger partial charge is 0.461 e. The van der Waals surface area contributed by atoms with Crippen molar-refractivity contribution in [2.24, 2.45) is 5.92 Å². The Morgan fingerprint density at radius 3 is 3.04 bits per heavy atom. The highest BCUT2D eigenvalue weighted by atomic mass is 35.5. The first-order chi connectivity index (χ1) is 10.7. The van der Waals surface area contributed by atoms with Gasteiger partial charge in [0.2, 0.25) is 17.6 Å². The van der Waals surface area contributed by atoms with Crippen molar-refractivity contribution in [3.05, 3.63) is 24.3 Å². The number of aromatic nitrogens is 2. The number of furan rings is 1.